The maximum Gasteiger partial charge on any atom is 0.164 e. The molecule has 0 aliphatic rings. The SMILES string of the molecule is Cc1cccc2c1oc1cccc(-c3nc(-c4ccc(-c5cccc(-c6ccccc6)c5)cc4)nc(-c4ccc5ccccc5c4)n3)c12. The predicted molar refractivity (Wildman–Crippen MR) is 197 cm³/mol. The van der Waals surface area contributed by atoms with Crippen molar-refractivity contribution in [2.24, 2.45) is 0 Å². The molecule has 0 fully saturated rings. The van der Waals surface area contributed by atoms with Crippen molar-refractivity contribution in [3.63, 3.8) is 0 Å². The Hall–Kier alpha value is -6.39. The first-order valence-corrected chi connectivity index (χ1v) is 16.1. The van der Waals surface area contributed by atoms with Crippen LogP contribution in [-0.2, 0) is 0 Å². The second-order valence-corrected chi connectivity index (χ2v) is 12.1. The Morgan fingerprint density at radius 2 is 1.02 bits per heavy atom. The molecule has 0 aliphatic heterocycles. The third kappa shape index (κ3) is 4.91. The van der Waals surface area contributed by atoms with Crippen LogP contribution in [0.15, 0.2) is 162 Å². The summed E-state index contributed by atoms with van der Waals surface area (Å²) < 4.78 is 6.34. The molecule has 0 N–H and O–H groups in total. The van der Waals surface area contributed by atoms with Crippen LogP contribution in [0.3, 0.4) is 0 Å². The smallest absolute Gasteiger partial charge is 0.164 e. The van der Waals surface area contributed by atoms with Gasteiger partial charge in [0.1, 0.15) is 11.2 Å². The summed E-state index contributed by atoms with van der Waals surface area (Å²) in [4.78, 5) is 15.3. The van der Waals surface area contributed by atoms with Crippen LogP contribution in [0.2, 0.25) is 0 Å². The molecule has 226 valence electrons. The van der Waals surface area contributed by atoms with Crippen LogP contribution in [0.4, 0.5) is 0 Å². The lowest BCUT2D eigenvalue weighted by Gasteiger charge is -2.11. The Labute approximate surface area is 278 Å². The molecule has 9 aromatic rings. The largest absolute Gasteiger partial charge is 0.456 e. The van der Waals surface area contributed by atoms with Crippen molar-refractivity contribution < 1.29 is 4.42 Å². The van der Waals surface area contributed by atoms with Gasteiger partial charge in [0.2, 0.25) is 0 Å². The Morgan fingerprint density at radius 1 is 0.417 bits per heavy atom. The lowest BCUT2D eigenvalue weighted by atomic mass is 9.98. The Morgan fingerprint density at radius 3 is 1.83 bits per heavy atom. The van der Waals surface area contributed by atoms with Gasteiger partial charge in [-0.2, -0.15) is 0 Å². The molecule has 0 bridgehead atoms. The predicted octanol–water partition coefficient (Wildman–Crippen LogP) is 11.6. The fourth-order valence-corrected chi connectivity index (χ4v) is 6.58. The highest BCUT2D eigenvalue weighted by molar-refractivity contribution is 6.12. The van der Waals surface area contributed by atoms with Gasteiger partial charge in [-0.05, 0) is 63.7 Å². The molecule has 0 radical (unpaired) electrons. The monoisotopic (exact) mass is 615 g/mol. The number of rotatable bonds is 5. The number of hydrogen-bond acceptors (Lipinski definition) is 4. The van der Waals surface area contributed by atoms with Crippen LogP contribution in [0.5, 0.6) is 0 Å². The normalized spacial score (nSPS) is 11.4. The number of aromatic nitrogens is 3. The van der Waals surface area contributed by atoms with Crippen molar-refractivity contribution >= 4 is 32.7 Å². The molecule has 48 heavy (non-hydrogen) atoms. The summed E-state index contributed by atoms with van der Waals surface area (Å²) in [5.74, 6) is 1.85. The third-order valence-electron chi connectivity index (χ3n) is 9.05. The van der Waals surface area contributed by atoms with E-state index in [9.17, 15) is 0 Å². The van der Waals surface area contributed by atoms with Gasteiger partial charge in [0.15, 0.2) is 17.5 Å². The highest BCUT2D eigenvalue weighted by atomic mass is 16.3. The number of aryl methyl sites for hydroxylation is 1. The summed E-state index contributed by atoms with van der Waals surface area (Å²) in [6.07, 6.45) is 0. The molecule has 0 unspecified atom stereocenters. The van der Waals surface area contributed by atoms with Gasteiger partial charge < -0.3 is 4.42 Å². The number of para-hydroxylation sites is 1. The van der Waals surface area contributed by atoms with Crippen LogP contribution >= 0.6 is 0 Å². The van der Waals surface area contributed by atoms with E-state index in [-0.39, 0.29) is 0 Å². The molecular formula is C44H29N3O. The first-order valence-electron chi connectivity index (χ1n) is 16.1. The minimum Gasteiger partial charge on any atom is -0.456 e. The van der Waals surface area contributed by atoms with Crippen molar-refractivity contribution in [2.45, 2.75) is 6.92 Å². The highest BCUT2D eigenvalue weighted by Gasteiger charge is 2.18. The van der Waals surface area contributed by atoms with Gasteiger partial charge in [-0.25, -0.2) is 15.0 Å². The zero-order valence-electron chi connectivity index (χ0n) is 26.3. The van der Waals surface area contributed by atoms with Crippen molar-refractivity contribution in [1.29, 1.82) is 0 Å². The van der Waals surface area contributed by atoms with Gasteiger partial charge in [0, 0.05) is 27.5 Å². The van der Waals surface area contributed by atoms with E-state index in [1.807, 2.05) is 18.2 Å². The topological polar surface area (TPSA) is 51.8 Å². The summed E-state index contributed by atoms with van der Waals surface area (Å²) >= 11 is 0. The Kier molecular flexibility index (Phi) is 6.65. The fourth-order valence-electron chi connectivity index (χ4n) is 6.58. The summed E-state index contributed by atoms with van der Waals surface area (Å²) in [5, 5.41) is 4.37. The molecular weight excluding hydrogens is 587 g/mol. The number of nitrogens with zero attached hydrogens (tertiary/aromatic N) is 3. The van der Waals surface area contributed by atoms with E-state index in [0.717, 1.165) is 60.7 Å². The lowest BCUT2D eigenvalue weighted by molar-refractivity contribution is 0.666. The van der Waals surface area contributed by atoms with Gasteiger partial charge in [0.25, 0.3) is 0 Å². The molecule has 0 amide bonds. The van der Waals surface area contributed by atoms with Crippen LogP contribution < -0.4 is 0 Å². The van der Waals surface area contributed by atoms with E-state index in [4.69, 9.17) is 19.4 Å². The molecule has 0 saturated carbocycles. The first-order chi connectivity index (χ1) is 23.7. The van der Waals surface area contributed by atoms with E-state index in [1.54, 1.807) is 0 Å². The van der Waals surface area contributed by atoms with Crippen LogP contribution in [0, 0.1) is 6.92 Å². The summed E-state index contributed by atoms with van der Waals surface area (Å²) in [5.41, 5.74) is 10.2. The minimum atomic E-state index is 0.609. The van der Waals surface area contributed by atoms with Crippen molar-refractivity contribution in [3.05, 3.63) is 163 Å². The zero-order valence-corrected chi connectivity index (χ0v) is 26.3. The quantitative estimate of drug-likeness (QED) is 0.193. The average molecular weight is 616 g/mol. The maximum absolute atomic E-state index is 6.34. The van der Waals surface area contributed by atoms with Gasteiger partial charge in [-0.15, -0.1) is 0 Å². The molecule has 4 nitrogen and oxygen atoms in total. The van der Waals surface area contributed by atoms with Crippen LogP contribution in [-0.4, -0.2) is 15.0 Å². The Bertz CT molecular complexity index is 2620. The standard InChI is InChI=1S/C44H29N3O/c1-28-10-7-17-37-40-38(18-9-19-39(40)48-41(28)37)44-46-42(45-43(47-44)36-25-22-30-13-5-6-14-33(30)27-36)32-23-20-31(21-24-32)35-16-8-15-34(26-35)29-11-3-2-4-12-29/h2-27H,1H3. The average Bonchev–Trinajstić information content (AvgIpc) is 3.55. The minimum absolute atomic E-state index is 0.609. The first kappa shape index (κ1) is 27.9. The zero-order chi connectivity index (χ0) is 32.0. The van der Waals surface area contributed by atoms with Crippen LogP contribution in [0.1, 0.15) is 5.56 Å². The van der Waals surface area contributed by atoms with E-state index < -0.39 is 0 Å². The molecule has 7 aromatic carbocycles. The molecule has 0 atom stereocenters. The number of benzene rings is 7. The molecule has 9 rings (SSSR count). The summed E-state index contributed by atoms with van der Waals surface area (Å²) in [6.45, 7) is 2.07. The van der Waals surface area contributed by atoms with Gasteiger partial charge in [0.05, 0.1) is 0 Å². The molecule has 0 saturated heterocycles. The van der Waals surface area contributed by atoms with Crippen LogP contribution in [0.25, 0.3) is 89.1 Å². The molecule has 0 spiro atoms. The molecule has 2 aromatic heterocycles. The molecule has 4 heteroatoms. The second kappa shape index (κ2) is 11.4. The summed E-state index contributed by atoms with van der Waals surface area (Å²) in [7, 11) is 0. The third-order valence-corrected chi connectivity index (χ3v) is 9.05. The Balaban J connectivity index is 1.19. The van der Waals surface area contributed by atoms with Gasteiger partial charge >= 0.3 is 0 Å². The molecule has 2 heterocycles. The van der Waals surface area contributed by atoms with E-state index >= 15 is 0 Å². The van der Waals surface area contributed by atoms with E-state index in [1.165, 1.54) is 16.5 Å². The van der Waals surface area contributed by atoms with Crippen molar-refractivity contribution in [1.82, 2.24) is 15.0 Å². The molecule has 0 aliphatic carbocycles. The maximum atomic E-state index is 6.34. The number of fused-ring (bicyclic) bond motifs is 4. The van der Waals surface area contributed by atoms with E-state index in [0.29, 0.717) is 17.5 Å². The summed E-state index contributed by atoms with van der Waals surface area (Å²) in [6, 6.07) is 54.7. The highest BCUT2D eigenvalue weighted by Crippen LogP contribution is 2.38. The van der Waals surface area contributed by atoms with Gasteiger partial charge in [-0.1, -0.05) is 140 Å². The number of furan rings is 1. The fraction of sp³-hybridized carbons (Fsp3) is 0.0227. The lowest BCUT2D eigenvalue weighted by Crippen LogP contribution is -2.00. The van der Waals surface area contributed by atoms with Gasteiger partial charge in [-0.3, -0.25) is 0 Å². The van der Waals surface area contributed by atoms with E-state index in [2.05, 4.69) is 146 Å². The van der Waals surface area contributed by atoms with Crippen molar-refractivity contribution in [3.8, 4) is 56.4 Å². The number of hydrogen-bond donors (Lipinski definition) is 0. The second-order valence-electron chi connectivity index (χ2n) is 12.1. The van der Waals surface area contributed by atoms with Crippen molar-refractivity contribution in [2.75, 3.05) is 0 Å².